The Morgan fingerprint density at radius 2 is 2.45 bits per heavy atom. The number of carbonyl (C=O) groups excluding carboxylic acids is 1. The monoisotopic (exact) mass is 191 g/mol. The average Bonchev–Trinajstić information content (AvgIpc) is 2.37. The van der Waals surface area contributed by atoms with Gasteiger partial charge in [0.15, 0.2) is 0 Å². The molecule has 0 unspecified atom stereocenters. The summed E-state index contributed by atoms with van der Waals surface area (Å²) < 4.78 is 0. The van der Waals surface area contributed by atoms with Crippen LogP contribution in [-0.4, -0.2) is 34.9 Å². The number of hydrogen-bond acceptors (Lipinski definition) is 2. The average molecular weight is 192 g/mol. The van der Waals surface area contributed by atoms with Crippen LogP contribution >= 0.6 is 23.4 Å². The molecule has 2 nitrogen and oxygen atoms in total. The fraction of sp³-hybridized carbons (Fsp3) is 0.571. The lowest BCUT2D eigenvalue weighted by Gasteiger charge is -2.10. The second-order valence-electron chi connectivity index (χ2n) is 2.19. The maximum absolute atomic E-state index is 11.0. The number of thioether (sulfide) groups is 1. The molecule has 62 valence electrons. The molecular formula is C7H10ClNOS. The Hall–Kier alpha value is -0.150. The Labute approximate surface area is 75.6 Å². The zero-order chi connectivity index (χ0) is 8.10. The van der Waals surface area contributed by atoms with E-state index in [0.29, 0.717) is 12.4 Å². The van der Waals surface area contributed by atoms with Crippen LogP contribution in [0, 0.1) is 0 Å². The Morgan fingerprint density at radius 1 is 1.64 bits per heavy atom. The second kappa shape index (κ2) is 4.67. The molecule has 4 heteroatoms. The van der Waals surface area contributed by atoms with Gasteiger partial charge in [0.2, 0.25) is 0 Å². The van der Waals surface area contributed by atoms with E-state index in [2.05, 4.69) is 0 Å². The van der Waals surface area contributed by atoms with Crippen molar-refractivity contribution < 1.29 is 4.79 Å². The first kappa shape index (κ1) is 8.94. The van der Waals surface area contributed by atoms with Gasteiger partial charge in [-0.2, -0.15) is 0 Å². The molecule has 1 aliphatic rings. The molecule has 0 aromatic rings. The Kier molecular flexibility index (Phi) is 3.80. The molecule has 0 atom stereocenters. The minimum Gasteiger partial charge on any atom is -0.329 e. The van der Waals surface area contributed by atoms with Crippen molar-refractivity contribution in [1.29, 1.82) is 0 Å². The van der Waals surface area contributed by atoms with E-state index in [0.717, 1.165) is 12.3 Å². The van der Waals surface area contributed by atoms with Crippen LogP contribution in [-0.2, 0) is 0 Å². The third-order valence-corrected chi connectivity index (χ3v) is 2.50. The molecular weight excluding hydrogens is 182 g/mol. The zero-order valence-electron chi connectivity index (χ0n) is 6.12. The number of alkyl halides is 1. The summed E-state index contributed by atoms with van der Waals surface area (Å²) in [6.07, 6.45) is 3.79. The third kappa shape index (κ3) is 2.75. The fourth-order valence-electron chi connectivity index (χ4n) is 0.856. The van der Waals surface area contributed by atoms with Crippen LogP contribution in [0.4, 0.5) is 4.79 Å². The van der Waals surface area contributed by atoms with Gasteiger partial charge in [0.05, 0.1) is 0 Å². The first-order valence-corrected chi connectivity index (χ1v) is 4.99. The number of halogens is 1. The summed E-state index contributed by atoms with van der Waals surface area (Å²) in [4.78, 5) is 12.8. The van der Waals surface area contributed by atoms with E-state index in [4.69, 9.17) is 11.6 Å². The predicted octanol–water partition coefficient (Wildman–Crippen LogP) is 1.95. The highest BCUT2D eigenvalue weighted by atomic mass is 35.5. The van der Waals surface area contributed by atoms with Gasteiger partial charge < -0.3 is 4.90 Å². The van der Waals surface area contributed by atoms with Crippen molar-refractivity contribution in [3.05, 3.63) is 12.2 Å². The van der Waals surface area contributed by atoms with Crippen molar-refractivity contribution in [2.75, 3.05) is 24.7 Å². The van der Waals surface area contributed by atoms with E-state index in [1.54, 1.807) is 0 Å². The summed E-state index contributed by atoms with van der Waals surface area (Å²) in [5, 5.41) is 0.184. The van der Waals surface area contributed by atoms with Crippen LogP contribution in [0.5, 0.6) is 0 Å². The Morgan fingerprint density at radius 3 is 3.00 bits per heavy atom. The zero-order valence-corrected chi connectivity index (χ0v) is 7.70. The van der Waals surface area contributed by atoms with E-state index in [1.807, 2.05) is 17.1 Å². The summed E-state index contributed by atoms with van der Waals surface area (Å²) in [6.45, 7) is 1.58. The Balaban J connectivity index is 2.25. The van der Waals surface area contributed by atoms with Crippen LogP contribution in [0.15, 0.2) is 12.2 Å². The normalized spacial score (nSPS) is 18.6. The minimum atomic E-state index is 0.184. The molecule has 1 rings (SSSR count). The molecule has 0 radical (unpaired) electrons. The fourth-order valence-corrected chi connectivity index (χ4v) is 1.82. The standard InChI is InChI=1S/C7H10ClNOS/c8-3-1-2-4-9-5-6-11-7(9)10/h1-2H,3-6H2/b2-1+. The predicted molar refractivity (Wildman–Crippen MR) is 49.3 cm³/mol. The topological polar surface area (TPSA) is 20.3 Å². The molecule has 1 aliphatic heterocycles. The van der Waals surface area contributed by atoms with Gasteiger partial charge in [-0.15, -0.1) is 11.6 Å². The molecule has 1 saturated heterocycles. The lowest BCUT2D eigenvalue weighted by atomic mass is 10.5. The van der Waals surface area contributed by atoms with Gasteiger partial charge in [0.25, 0.3) is 5.24 Å². The molecule has 1 fully saturated rings. The van der Waals surface area contributed by atoms with Gasteiger partial charge in [-0.3, -0.25) is 4.79 Å². The van der Waals surface area contributed by atoms with E-state index in [-0.39, 0.29) is 5.24 Å². The number of carbonyl (C=O) groups is 1. The highest BCUT2D eigenvalue weighted by Gasteiger charge is 2.18. The number of amides is 1. The molecule has 0 aliphatic carbocycles. The number of nitrogens with zero attached hydrogens (tertiary/aromatic N) is 1. The molecule has 0 spiro atoms. The molecule has 11 heavy (non-hydrogen) atoms. The SMILES string of the molecule is O=C1SCCN1C/C=C/CCl. The quantitative estimate of drug-likeness (QED) is 0.502. The van der Waals surface area contributed by atoms with Crippen molar-refractivity contribution in [3.63, 3.8) is 0 Å². The molecule has 0 saturated carbocycles. The lowest BCUT2D eigenvalue weighted by Crippen LogP contribution is -2.22. The maximum atomic E-state index is 11.0. The summed E-state index contributed by atoms with van der Waals surface area (Å²) in [6, 6.07) is 0. The first-order valence-electron chi connectivity index (χ1n) is 3.47. The Bertz CT molecular complexity index is 172. The summed E-state index contributed by atoms with van der Waals surface area (Å²) in [5.41, 5.74) is 0. The number of rotatable bonds is 3. The molecule has 1 heterocycles. The smallest absolute Gasteiger partial charge is 0.282 e. The third-order valence-electron chi connectivity index (χ3n) is 1.43. The van der Waals surface area contributed by atoms with Crippen LogP contribution in [0.1, 0.15) is 0 Å². The molecule has 1 amide bonds. The van der Waals surface area contributed by atoms with Crippen molar-refractivity contribution in [1.82, 2.24) is 4.90 Å². The van der Waals surface area contributed by atoms with Crippen molar-refractivity contribution >= 4 is 28.6 Å². The van der Waals surface area contributed by atoms with Crippen LogP contribution in [0.3, 0.4) is 0 Å². The van der Waals surface area contributed by atoms with Crippen LogP contribution < -0.4 is 0 Å². The van der Waals surface area contributed by atoms with E-state index in [9.17, 15) is 4.79 Å². The summed E-state index contributed by atoms with van der Waals surface area (Å²) in [5.74, 6) is 1.45. The molecule has 0 aromatic heterocycles. The van der Waals surface area contributed by atoms with E-state index in [1.165, 1.54) is 11.8 Å². The van der Waals surface area contributed by atoms with Gasteiger partial charge in [-0.05, 0) is 0 Å². The molecule has 0 N–H and O–H groups in total. The van der Waals surface area contributed by atoms with E-state index < -0.39 is 0 Å². The number of allylic oxidation sites excluding steroid dienone is 1. The van der Waals surface area contributed by atoms with Crippen LogP contribution in [0.2, 0.25) is 0 Å². The molecule has 0 aromatic carbocycles. The van der Waals surface area contributed by atoms with Gasteiger partial charge in [-0.25, -0.2) is 0 Å². The van der Waals surface area contributed by atoms with E-state index >= 15 is 0 Å². The van der Waals surface area contributed by atoms with Gasteiger partial charge in [-0.1, -0.05) is 23.9 Å². The van der Waals surface area contributed by atoms with Gasteiger partial charge in [0, 0.05) is 24.7 Å². The maximum Gasteiger partial charge on any atom is 0.282 e. The highest BCUT2D eigenvalue weighted by Crippen LogP contribution is 2.16. The summed E-state index contributed by atoms with van der Waals surface area (Å²) >= 11 is 6.81. The van der Waals surface area contributed by atoms with Gasteiger partial charge >= 0.3 is 0 Å². The van der Waals surface area contributed by atoms with Crippen molar-refractivity contribution in [2.45, 2.75) is 0 Å². The largest absolute Gasteiger partial charge is 0.329 e. The minimum absolute atomic E-state index is 0.184. The highest BCUT2D eigenvalue weighted by molar-refractivity contribution is 8.13. The summed E-state index contributed by atoms with van der Waals surface area (Å²) in [7, 11) is 0. The van der Waals surface area contributed by atoms with Crippen molar-refractivity contribution in [2.24, 2.45) is 0 Å². The molecule has 0 bridgehead atoms. The van der Waals surface area contributed by atoms with Gasteiger partial charge in [0.1, 0.15) is 0 Å². The van der Waals surface area contributed by atoms with Crippen LogP contribution in [0.25, 0.3) is 0 Å². The number of hydrogen-bond donors (Lipinski definition) is 0. The second-order valence-corrected chi connectivity index (χ2v) is 3.54. The first-order chi connectivity index (χ1) is 5.34. The lowest BCUT2D eigenvalue weighted by molar-refractivity contribution is 0.234. The van der Waals surface area contributed by atoms with Crippen molar-refractivity contribution in [3.8, 4) is 0 Å².